The first-order valence-corrected chi connectivity index (χ1v) is 7.34. The first-order valence-electron chi connectivity index (χ1n) is 7.34. The fourth-order valence-electron chi connectivity index (χ4n) is 2.59. The fraction of sp³-hybridized carbons (Fsp3) is 0.500. The molecule has 0 aromatic heterocycles. The summed E-state index contributed by atoms with van der Waals surface area (Å²) in [5.41, 5.74) is 0. The number of benzene rings is 1. The summed E-state index contributed by atoms with van der Waals surface area (Å²) >= 11 is 0. The van der Waals surface area contributed by atoms with Crippen molar-refractivity contribution in [1.29, 1.82) is 0 Å². The predicted octanol–water partition coefficient (Wildman–Crippen LogP) is 1.79. The van der Waals surface area contributed by atoms with Gasteiger partial charge in [0.15, 0.2) is 17.6 Å². The molecule has 6 nitrogen and oxygen atoms in total. The average molecular weight is 307 g/mol. The van der Waals surface area contributed by atoms with Gasteiger partial charge in [0.1, 0.15) is 0 Å². The van der Waals surface area contributed by atoms with Crippen molar-refractivity contribution in [3.8, 4) is 11.5 Å². The molecule has 1 aliphatic rings. The number of methoxy groups -OCH3 is 1. The number of likely N-dealkylation sites (tertiary alicyclic amines) is 1. The monoisotopic (exact) mass is 307 g/mol. The highest BCUT2D eigenvalue weighted by Crippen LogP contribution is 2.27. The molecule has 1 aliphatic heterocycles. The molecule has 0 spiro atoms. The van der Waals surface area contributed by atoms with Crippen LogP contribution in [0, 0.1) is 5.92 Å². The van der Waals surface area contributed by atoms with E-state index in [0.29, 0.717) is 30.9 Å². The molecule has 6 heteroatoms. The first-order chi connectivity index (χ1) is 10.5. The molecule has 1 heterocycles. The number of ether oxygens (including phenoxy) is 2. The van der Waals surface area contributed by atoms with Crippen LogP contribution in [0.5, 0.6) is 11.5 Å². The molecule has 0 bridgehead atoms. The number of para-hydroxylation sites is 2. The van der Waals surface area contributed by atoms with Crippen LogP contribution in [0.3, 0.4) is 0 Å². The number of hydrogen-bond acceptors (Lipinski definition) is 4. The Morgan fingerprint density at radius 3 is 2.64 bits per heavy atom. The van der Waals surface area contributed by atoms with Crippen molar-refractivity contribution < 1.29 is 24.2 Å². The third-order valence-electron chi connectivity index (χ3n) is 3.80. The molecule has 0 radical (unpaired) electrons. The van der Waals surface area contributed by atoms with E-state index in [1.54, 1.807) is 30.0 Å². The van der Waals surface area contributed by atoms with Crippen LogP contribution in [-0.2, 0) is 9.59 Å². The van der Waals surface area contributed by atoms with Crippen LogP contribution in [-0.4, -0.2) is 48.2 Å². The molecule has 22 heavy (non-hydrogen) atoms. The second-order valence-electron chi connectivity index (χ2n) is 5.37. The number of hydrogen-bond donors (Lipinski definition) is 1. The predicted molar refractivity (Wildman–Crippen MR) is 80.0 cm³/mol. The van der Waals surface area contributed by atoms with Gasteiger partial charge < -0.3 is 19.5 Å². The lowest BCUT2D eigenvalue weighted by Crippen LogP contribution is -2.47. The van der Waals surface area contributed by atoms with Gasteiger partial charge in [0.05, 0.1) is 13.0 Å². The number of aliphatic carboxylic acids is 1. The zero-order valence-corrected chi connectivity index (χ0v) is 12.8. The highest BCUT2D eigenvalue weighted by Gasteiger charge is 2.31. The molecular weight excluding hydrogens is 286 g/mol. The van der Waals surface area contributed by atoms with Gasteiger partial charge in [-0.15, -0.1) is 0 Å². The van der Waals surface area contributed by atoms with Gasteiger partial charge in [-0.1, -0.05) is 12.1 Å². The van der Waals surface area contributed by atoms with Gasteiger partial charge in [0.25, 0.3) is 5.91 Å². The number of rotatable bonds is 5. The van der Waals surface area contributed by atoms with Crippen molar-refractivity contribution in [2.75, 3.05) is 20.2 Å². The normalized spacial score (nSPS) is 19.4. The summed E-state index contributed by atoms with van der Waals surface area (Å²) in [5, 5.41) is 9.09. The van der Waals surface area contributed by atoms with Crippen LogP contribution in [0.1, 0.15) is 19.8 Å². The molecule has 1 fully saturated rings. The Hall–Kier alpha value is -2.24. The van der Waals surface area contributed by atoms with Crippen molar-refractivity contribution >= 4 is 11.9 Å². The summed E-state index contributed by atoms with van der Waals surface area (Å²) in [5.74, 6) is -0.481. The van der Waals surface area contributed by atoms with Crippen LogP contribution < -0.4 is 9.47 Å². The highest BCUT2D eigenvalue weighted by molar-refractivity contribution is 5.82. The number of carbonyl (C=O) groups is 2. The molecule has 1 saturated heterocycles. The number of carbonyl (C=O) groups excluding carboxylic acids is 1. The lowest BCUT2D eigenvalue weighted by atomic mass is 9.98. The van der Waals surface area contributed by atoms with Gasteiger partial charge in [-0.3, -0.25) is 9.59 Å². The van der Waals surface area contributed by atoms with E-state index in [1.807, 2.05) is 6.07 Å². The smallest absolute Gasteiger partial charge is 0.308 e. The lowest BCUT2D eigenvalue weighted by molar-refractivity contribution is -0.147. The van der Waals surface area contributed by atoms with E-state index in [4.69, 9.17) is 14.6 Å². The summed E-state index contributed by atoms with van der Waals surface area (Å²) in [6, 6.07) is 7.11. The molecule has 2 atom stereocenters. The molecule has 1 aromatic rings. The molecule has 120 valence electrons. The quantitative estimate of drug-likeness (QED) is 0.897. The minimum atomic E-state index is -0.851. The number of nitrogens with zero attached hydrogens (tertiary/aromatic N) is 1. The van der Waals surface area contributed by atoms with E-state index in [9.17, 15) is 9.59 Å². The maximum Gasteiger partial charge on any atom is 0.308 e. The third-order valence-corrected chi connectivity index (χ3v) is 3.80. The van der Waals surface area contributed by atoms with Crippen molar-refractivity contribution in [1.82, 2.24) is 4.90 Å². The zero-order valence-electron chi connectivity index (χ0n) is 12.8. The van der Waals surface area contributed by atoms with Gasteiger partial charge in [-0.2, -0.15) is 0 Å². The molecule has 0 aliphatic carbocycles. The standard InChI is InChI=1S/C16H21NO5/c1-11(22-14-8-4-3-7-13(14)21-2)15(18)17-9-5-6-12(10-17)16(19)20/h3-4,7-8,11-12H,5-6,9-10H2,1-2H3,(H,19,20). The highest BCUT2D eigenvalue weighted by atomic mass is 16.5. The van der Waals surface area contributed by atoms with Crippen molar-refractivity contribution in [3.63, 3.8) is 0 Å². The Kier molecular flexibility index (Phi) is 5.25. The van der Waals surface area contributed by atoms with E-state index in [2.05, 4.69) is 0 Å². The number of amides is 1. The third kappa shape index (κ3) is 3.69. The van der Waals surface area contributed by atoms with Crippen LogP contribution in [0.2, 0.25) is 0 Å². The molecule has 1 aromatic carbocycles. The number of carboxylic acid groups (broad SMARTS) is 1. The largest absolute Gasteiger partial charge is 0.493 e. The van der Waals surface area contributed by atoms with Crippen molar-refractivity contribution in [2.45, 2.75) is 25.9 Å². The topological polar surface area (TPSA) is 76.1 Å². The van der Waals surface area contributed by atoms with Gasteiger partial charge in [-0.05, 0) is 31.9 Å². The van der Waals surface area contributed by atoms with Crippen LogP contribution >= 0.6 is 0 Å². The molecule has 2 unspecified atom stereocenters. The maximum absolute atomic E-state index is 12.4. The Labute approximate surface area is 129 Å². The van der Waals surface area contributed by atoms with E-state index in [0.717, 1.165) is 0 Å². The summed E-state index contributed by atoms with van der Waals surface area (Å²) < 4.78 is 10.9. The SMILES string of the molecule is COc1ccccc1OC(C)C(=O)N1CCCC(C(=O)O)C1. The van der Waals surface area contributed by atoms with Gasteiger partial charge in [-0.25, -0.2) is 0 Å². The summed E-state index contributed by atoms with van der Waals surface area (Å²) in [7, 11) is 1.54. The van der Waals surface area contributed by atoms with Gasteiger partial charge in [0.2, 0.25) is 0 Å². The molecular formula is C16H21NO5. The van der Waals surface area contributed by atoms with Gasteiger partial charge in [0, 0.05) is 13.1 Å². The average Bonchev–Trinajstić information content (AvgIpc) is 2.54. The summed E-state index contributed by atoms with van der Waals surface area (Å²) in [6.45, 7) is 2.48. The molecule has 2 rings (SSSR count). The van der Waals surface area contributed by atoms with Crippen LogP contribution in [0.15, 0.2) is 24.3 Å². The number of piperidine rings is 1. The van der Waals surface area contributed by atoms with Gasteiger partial charge >= 0.3 is 5.97 Å². The van der Waals surface area contributed by atoms with Crippen molar-refractivity contribution in [2.24, 2.45) is 5.92 Å². The Balaban J connectivity index is 2.01. The maximum atomic E-state index is 12.4. The first kappa shape index (κ1) is 16.1. The van der Waals surface area contributed by atoms with E-state index in [1.165, 1.54) is 7.11 Å². The minimum absolute atomic E-state index is 0.197. The Bertz CT molecular complexity index is 545. The van der Waals surface area contributed by atoms with Crippen molar-refractivity contribution in [3.05, 3.63) is 24.3 Å². The summed E-state index contributed by atoms with van der Waals surface area (Å²) in [4.78, 5) is 25.1. The molecule has 0 saturated carbocycles. The Morgan fingerprint density at radius 1 is 1.32 bits per heavy atom. The molecule has 1 amide bonds. The lowest BCUT2D eigenvalue weighted by Gasteiger charge is -2.32. The van der Waals surface area contributed by atoms with E-state index in [-0.39, 0.29) is 12.5 Å². The molecule has 1 N–H and O–H groups in total. The van der Waals surface area contributed by atoms with Crippen LogP contribution in [0.4, 0.5) is 0 Å². The zero-order chi connectivity index (χ0) is 16.1. The number of carboxylic acids is 1. The van der Waals surface area contributed by atoms with E-state index < -0.39 is 18.0 Å². The second kappa shape index (κ2) is 7.15. The summed E-state index contributed by atoms with van der Waals surface area (Å²) in [6.07, 6.45) is 0.620. The minimum Gasteiger partial charge on any atom is -0.493 e. The Morgan fingerprint density at radius 2 is 2.00 bits per heavy atom. The second-order valence-corrected chi connectivity index (χ2v) is 5.37. The fourth-order valence-corrected chi connectivity index (χ4v) is 2.59. The van der Waals surface area contributed by atoms with Crippen LogP contribution in [0.25, 0.3) is 0 Å². The van der Waals surface area contributed by atoms with E-state index >= 15 is 0 Å².